The lowest BCUT2D eigenvalue weighted by molar-refractivity contribution is -0.137. The zero-order valence-electron chi connectivity index (χ0n) is 36.8. The fourth-order valence-corrected chi connectivity index (χ4v) is 6.92. The summed E-state index contributed by atoms with van der Waals surface area (Å²) in [4.78, 5) is 64.5. The molecule has 5 rings (SSSR count). The third kappa shape index (κ3) is 17.5. The number of aliphatic carboxylic acids is 1. The molecule has 358 valence electrons. The third-order valence-corrected chi connectivity index (χ3v) is 10.3. The van der Waals surface area contributed by atoms with Gasteiger partial charge in [0, 0.05) is 84.3 Å². The largest absolute Gasteiger partial charge is 0.481 e. The number of hydrogen-bond acceptors (Lipinski definition) is 18. The minimum Gasteiger partial charge on any atom is -0.481 e. The van der Waals surface area contributed by atoms with Gasteiger partial charge in [-0.3, -0.25) is 19.4 Å². The molecular formula is C39H63ClN18O7. The van der Waals surface area contributed by atoms with Crippen LogP contribution in [-0.2, 0) is 48.0 Å². The molecule has 0 unspecified atom stereocenters. The average molecular weight is 932 g/mol. The van der Waals surface area contributed by atoms with Crippen molar-refractivity contribution in [2.75, 3.05) is 127 Å². The van der Waals surface area contributed by atoms with Gasteiger partial charge < -0.3 is 61.4 Å². The molecule has 0 radical (unpaired) electrons. The average Bonchev–Trinajstić information content (AvgIpc) is 3.97. The maximum Gasteiger partial charge on any atom is 0.303 e. The lowest BCUT2D eigenvalue weighted by Gasteiger charge is -2.37. The monoisotopic (exact) mass is 930 g/mol. The summed E-state index contributed by atoms with van der Waals surface area (Å²) in [6.45, 7) is 7.37. The van der Waals surface area contributed by atoms with Crippen LogP contribution in [-0.4, -0.2) is 195 Å². The van der Waals surface area contributed by atoms with Gasteiger partial charge in [0.05, 0.1) is 50.8 Å². The van der Waals surface area contributed by atoms with Crippen molar-refractivity contribution in [1.82, 2.24) is 54.7 Å². The van der Waals surface area contributed by atoms with Crippen LogP contribution in [0.25, 0.3) is 0 Å². The third-order valence-electron chi connectivity index (χ3n) is 10.3. The summed E-state index contributed by atoms with van der Waals surface area (Å²) in [7, 11) is 0. The molecule has 25 nitrogen and oxygen atoms in total. The molecule has 8 N–H and O–H groups in total. The molecule has 0 aromatic carbocycles. The number of terminal acetylenes is 1. The lowest BCUT2D eigenvalue weighted by Crippen LogP contribution is -2.51. The van der Waals surface area contributed by atoms with Crippen molar-refractivity contribution in [3.05, 3.63) is 23.8 Å². The first-order chi connectivity index (χ1) is 31.1. The molecule has 5 heterocycles. The van der Waals surface area contributed by atoms with Crippen LogP contribution in [0.1, 0.15) is 49.5 Å². The number of carbonyl (C=O) groups excluding carboxylic acids is 2. The Bertz CT molecular complexity index is 1980. The summed E-state index contributed by atoms with van der Waals surface area (Å²) in [5.74, 6) is 2.65. The lowest BCUT2D eigenvalue weighted by atomic mass is 10.1. The molecule has 2 fully saturated rings. The van der Waals surface area contributed by atoms with E-state index in [1.165, 1.54) is 0 Å². The van der Waals surface area contributed by atoms with Crippen LogP contribution < -0.4 is 32.3 Å². The number of carboxylic acids is 1. The van der Waals surface area contributed by atoms with E-state index in [4.69, 9.17) is 57.9 Å². The minimum atomic E-state index is -0.930. The van der Waals surface area contributed by atoms with Gasteiger partial charge in [-0.15, -0.1) is 29.0 Å². The predicted octanol–water partition coefficient (Wildman–Crippen LogP) is -1.84. The van der Waals surface area contributed by atoms with Gasteiger partial charge in [0.25, 0.3) is 0 Å². The van der Waals surface area contributed by atoms with Crippen LogP contribution in [0.2, 0.25) is 0 Å². The molecule has 3 aromatic rings. The number of halogens is 1. The van der Waals surface area contributed by atoms with Crippen molar-refractivity contribution in [3.63, 3.8) is 0 Å². The number of carbonyl (C=O) groups is 3. The molecule has 65 heavy (non-hydrogen) atoms. The molecule has 2 aliphatic rings. The number of aryl methyl sites for hydroxylation is 2. The van der Waals surface area contributed by atoms with Gasteiger partial charge in [0.1, 0.15) is 19.2 Å². The highest BCUT2D eigenvalue weighted by Gasteiger charge is 2.31. The highest BCUT2D eigenvalue weighted by Crippen LogP contribution is 2.23. The van der Waals surface area contributed by atoms with Crippen LogP contribution in [0, 0.1) is 12.3 Å². The van der Waals surface area contributed by atoms with Gasteiger partial charge in [-0.2, -0.15) is 15.0 Å². The highest BCUT2D eigenvalue weighted by atomic mass is 35.5. The summed E-state index contributed by atoms with van der Waals surface area (Å²) in [6.07, 6.45) is 12.1. The van der Waals surface area contributed by atoms with E-state index in [0.717, 1.165) is 18.5 Å². The number of amides is 2. The second kappa shape index (κ2) is 28.1. The zero-order valence-corrected chi connectivity index (χ0v) is 37.6. The van der Waals surface area contributed by atoms with Gasteiger partial charge >= 0.3 is 5.97 Å². The normalized spacial score (nSPS) is 14.4. The quantitative estimate of drug-likeness (QED) is 0.0231. The van der Waals surface area contributed by atoms with E-state index in [0.29, 0.717) is 148 Å². The topological polar surface area (TPSA) is 315 Å². The van der Waals surface area contributed by atoms with Crippen molar-refractivity contribution in [2.24, 2.45) is 22.2 Å². The number of hydrogen-bond donors (Lipinski definition) is 5. The number of nitrogens with one attached hydrogen (secondary N) is 1. The number of carboxylic acid groups (broad SMARTS) is 1. The van der Waals surface area contributed by atoms with Crippen LogP contribution in [0.4, 0.5) is 17.8 Å². The van der Waals surface area contributed by atoms with E-state index in [9.17, 15) is 14.4 Å². The number of nitrogens with two attached hydrogens (primary N) is 3. The number of nitrogens with zero attached hydrogens (tertiary/aromatic N) is 14. The Kier molecular flexibility index (Phi) is 22.3. The minimum absolute atomic E-state index is 0. The molecule has 0 spiro atoms. The van der Waals surface area contributed by atoms with Gasteiger partial charge in [-0.25, -0.2) is 9.36 Å². The van der Waals surface area contributed by atoms with E-state index >= 15 is 0 Å². The first kappa shape index (κ1) is 51.7. The number of aromatic nitrogens is 9. The van der Waals surface area contributed by atoms with E-state index in [1.807, 2.05) is 9.80 Å². The Hall–Kier alpha value is -5.94. The highest BCUT2D eigenvalue weighted by molar-refractivity contribution is 5.85. The number of anilines is 3. The predicted molar refractivity (Wildman–Crippen MR) is 241 cm³/mol. The Morgan fingerprint density at radius 3 is 2.09 bits per heavy atom. The maximum absolute atomic E-state index is 14.0. The van der Waals surface area contributed by atoms with Gasteiger partial charge in [0.15, 0.2) is 5.96 Å². The Balaban J connectivity index is 0.00000925. The first-order valence-electron chi connectivity index (χ1n) is 21.6. The summed E-state index contributed by atoms with van der Waals surface area (Å²) in [5.41, 5.74) is 17.8. The number of unbranched alkanes of at least 4 members (excludes halogenated alkanes) is 1. The van der Waals surface area contributed by atoms with E-state index in [-0.39, 0.29) is 56.2 Å². The number of guanidine groups is 1. The molecule has 1 atom stereocenters. The Morgan fingerprint density at radius 1 is 0.815 bits per heavy atom. The number of piperazine rings is 2. The van der Waals surface area contributed by atoms with Crippen molar-refractivity contribution >= 4 is 54.0 Å². The second-order valence-electron chi connectivity index (χ2n) is 15.0. The van der Waals surface area contributed by atoms with E-state index in [2.05, 4.69) is 36.9 Å². The SMILES string of the molecule is C#CCOCCOCCOCCNc1nc(N2CCN(C(=O)Cn3cc(CCCN=C(N)N)nn3)CC2)nc(N2CCN(C(=O)[C@H](CCCCN)n3cc(CCC(=O)O)nn3)CC2)n1.Cl. The smallest absolute Gasteiger partial charge is 0.303 e. The molecule has 26 heteroatoms. The second-order valence-corrected chi connectivity index (χ2v) is 15.0. The molecule has 2 amide bonds. The number of aliphatic imine (C=N–C) groups is 1. The number of rotatable bonds is 28. The summed E-state index contributed by atoms with van der Waals surface area (Å²) >= 11 is 0. The molecule has 3 aromatic heterocycles. The van der Waals surface area contributed by atoms with Crippen molar-refractivity contribution in [1.29, 1.82) is 0 Å². The first-order valence-corrected chi connectivity index (χ1v) is 21.6. The van der Waals surface area contributed by atoms with Crippen LogP contribution in [0.5, 0.6) is 0 Å². The Morgan fingerprint density at radius 2 is 1.45 bits per heavy atom. The maximum atomic E-state index is 14.0. The van der Waals surface area contributed by atoms with Gasteiger partial charge in [-0.05, 0) is 38.6 Å². The summed E-state index contributed by atoms with van der Waals surface area (Å²) in [6, 6.07) is -0.599. The molecule has 0 bridgehead atoms. The molecule has 2 aliphatic heterocycles. The van der Waals surface area contributed by atoms with Crippen LogP contribution >= 0.6 is 12.4 Å². The fraction of sp³-hybridized carbons (Fsp3) is 0.667. The molecular weight excluding hydrogens is 868 g/mol. The van der Waals surface area contributed by atoms with E-state index in [1.54, 1.807) is 31.6 Å². The Labute approximate surface area is 384 Å². The van der Waals surface area contributed by atoms with Crippen LogP contribution in [0.15, 0.2) is 17.4 Å². The van der Waals surface area contributed by atoms with Crippen molar-refractivity contribution in [3.8, 4) is 12.3 Å². The van der Waals surface area contributed by atoms with Gasteiger partial charge in [-0.1, -0.05) is 16.3 Å². The molecule has 0 aliphatic carbocycles. The standard InChI is InChI=1S/C39H62N18O7.ClH/c1-2-21-62-23-25-64-26-24-63-22-12-44-37-45-38(54-17-13-52(14-18-54)33(58)29-56-27-30(48-50-56)6-5-11-43-36(41)42)47-39(46-37)55-19-15-53(16-20-55)35(61)32(7-3-4-10-40)57-28-31(49-51-57)8-9-34(59)60;/h1,27-28,32H,3-26,29,40H2,(H,59,60)(H4,41,42,43)(H,44,45,46,47);1H/t32-;/m0./s1. The van der Waals surface area contributed by atoms with Gasteiger partial charge in [0.2, 0.25) is 29.7 Å². The zero-order chi connectivity index (χ0) is 45.5. The van der Waals surface area contributed by atoms with Crippen molar-refractivity contribution in [2.45, 2.75) is 57.5 Å². The molecule has 2 saturated heterocycles. The van der Waals surface area contributed by atoms with Crippen molar-refractivity contribution < 1.29 is 33.7 Å². The number of ether oxygens (including phenoxy) is 3. The van der Waals surface area contributed by atoms with Crippen LogP contribution in [0.3, 0.4) is 0 Å². The van der Waals surface area contributed by atoms with E-state index < -0.39 is 12.0 Å². The summed E-state index contributed by atoms with van der Waals surface area (Å²) < 4.78 is 19.5. The summed E-state index contributed by atoms with van der Waals surface area (Å²) in [5, 5.41) is 29.0. The molecule has 0 saturated carbocycles. The fourth-order valence-electron chi connectivity index (χ4n) is 6.92.